The summed E-state index contributed by atoms with van der Waals surface area (Å²) in [5, 5.41) is 5.71. The van der Waals surface area contributed by atoms with Gasteiger partial charge in [-0.2, -0.15) is 8.78 Å². The molecular weight excluding hydrogens is 274 g/mol. The normalized spacial score (nSPS) is 19.4. The van der Waals surface area contributed by atoms with Crippen LogP contribution in [0.4, 0.5) is 14.5 Å². The molecule has 0 spiro atoms. The predicted octanol–water partition coefficient (Wildman–Crippen LogP) is 1.93. The Bertz CT molecular complexity index is 439. The van der Waals surface area contributed by atoms with E-state index in [0.29, 0.717) is 35.5 Å². The molecule has 1 saturated heterocycles. The summed E-state index contributed by atoms with van der Waals surface area (Å²) in [6.45, 7) is 1.67. The Morgan fingerprint density at radius 1 is 1.53 bits per heavy atom. The maximum Gasteiger partial charge on any atom is 0.288 e. The molecule has 1 aliphatic rings. The fourth-order valence-corrected chi connectivity index (χ4v) is 2.26. The van der Waals surface area contributed by atoms with Gasteiger partial charge in [-0.25, -0.2) is 0 Å². The lowest BCUT2D eigenvalue weighted by Gasteiger charge is -2.22. The fraction of sp³-hybridized carbons (Fsp3) is 0.417. The van der Waals surface area contributed by atoms with Gasteiger partial charge in [0.15, 0.2) is 0 Å². The second kappa shape index (κ2) is 6.83. The predicted molar refractivity (Wildman–Crippen MR) is 69.5 cm³/mol. The summed E-state index contributed by atoms with van der Waals surface area (Å²) in [5.74, 6) is -2.75. The third kappa shape index (κ3) is 4.45. The van der Waals surface area contributed by atoms with E-state index in [1.807, 2.05) is 0 Å². The molecule has 104 valence electrons. The van der Waals surface area contributed by atoms with Crippen molar-refractivity contribution in [2.24, 2.45) is 0 Å². The van der Waals surface area contributed by atoms with Gasteiger partial charge in [-0.1, -0.05) is 17.8 Å². The molecule has 0 aliphatic carbocycles. The van der Waals surface area contributed by atoms with Gasteiger partial charge in [-0.15, -0.1) is 0 Å². The van der Waals surface area contributed by atoms with Crippen molar-refractivity contribution in [3.05, 3.63) is 24.3 Å². The molecule has 0 bridgehead atoms. The van der Waals surface area contributed by atoms with Gasteiger partial charge in [0.1, 0.15) is 6.10 Å². The maximum absolute atomic E-state index is 12.3. The molecule has 1 unspecified atom stereocenters. The van der Waals surface area contributed by atoms with Crippen LogP contribution in [-0.2, 0) is 9.53 Å². The highest BCUT2D eigenvalue weighted by atomic mass is 32.2. The SMILES string of the molecule is O=C(Nc1cccc(SC(F)F)c1)C1CNCCO1. The van der Waals surface area contributed by atoms with Crippen LogP contribution in [0.25, 0.3) is 0 Å². The quantitative estimate of drug-likeness (QED) is 0.831. The minimum absolute atomic E-state index is 0.272. The Hall–Kier alpha value is -1.18. The number of hydrogen-bond donors (Lipinski definition) is 2. The maximum atomic E-state index is 12.3. The Balaban J connectivity index is 1.96. The third-order valence-electron chi connectivity index (χ3n) is 2.55. The summed E-state index contributed by atoms with van der Waals surface area (Å²) < 4.78 is 29.8. The van der Waals surface area contributed by atoms with Crippen LogP contribution in [0.1, 0.15) is 0 Å². The molecular formula is C12H14F2N2O2S. The molecule has 1 aromatic rings. The smallest absolute Gasteiger partial charge is 0.288 e. The van der Waals surface area contributed by atoms with Crippen LogP contribution in [-0.4, -0.2) is 37.5 Å². The highest BCUT2D eigenvalue weighted by molar-refractivity contribution is 7.99. The van der Waals surface area contributed by atoms with Crippen LogP contribution >= 0.6 is 11.8 Å². The lowest BCUT2D eigenvalue weighted by Crippen LogP contribution is -2.45. The van der Waals surface area contributed by atoms with Gasteiger partial charge in [0.05, 0.1) is 6.61 Å². The number of ether oxygens (including phenoxy) is 1. The second-order valence-corrected chi connectivity index (χ2v) is 5.02. The molecule has 0 aromatic heterocycles. The minimum atomic E-state index is -2.48. The summed E-state index contributed by atoms with van der Waals surface area (Å²) in [4.78, 5) is 12.3. The van der Waals surface area contributed by atoms with Crippen LogP contribution in [0.5, 0.6) is 0 Å². The molecule has 7 heteroatoms. The minimum Gasteiger partial charge on any atom is -0.366 e. The first-order chi connectivity index (χ1) is 9.15. The number of amides is 1. The van der Waals surface area contributed by atoms with Crippen molar-refractivity contribution in [1.29, 1.82) is 0 Å². The number of nitrogens with one attached hydrogen (secondary N) is 2. The number of thioether (sulfide) groups is 1. The van der Waals surface area contributed by atoms with E-state index in [4.69, 9.17) is 4.74 Å². The number of alkyl halides is 2. The van der Waals surface area contributed by atoms with Gasteiger partial charge in [0.2, 0.25) is 0 Å². The number of carbonyl (C=O) groups excluding carboxylic acids is 1. The Morgan fingerprint density at radius 2 is 2.37 bits per heavy atom. The molecule has 1 aliphatic heterocycles. The zero-order valence-corrected chi connectivity index (χ0v) is 10.9. The zero-order valence-electron chi connectivity index (χ0n) is 10.1. The van der Waals surface area contributed by atoms with Crippen molar-refractivity contribution in [2.45, 2.75) is 16.8 Å². The van der Waals surface area contributed by atoms with E-state index < -0.39 is 11.9 Å². The summed E-state index contributed by atoms with van der Waals surface area (Å²) >= 11 is 0.447. The van der Waals surface area contributed by atoms with Gasteiger partial charge >= 0.3 is 0 Å². The molecule has 1 fully saturated rings. The van der Waals surface area contributed by atoms with Crippen molar-refractivity contribution in [1.82, 2.24) is 5.32 Å². The van der Waals surface area contributed by atoms with Crippen LogP contribution in [0.3, 0.4) is 0 Å². The van der Waals surface area contributed by atoms with Crippen molar-refractivity contribution in [3.8, 4) is 0 Å². The Labute approximate surface area is 113 Å². The molecule has 19 heavy (non-hydrogen) atoms. The topological polar surface area (TPSA) is 50.4 Å². The van der Waals surface area contributed by atoms with Gasteiger partial charge in [-0.05, 0) is 18.2 Å². The van der Waals surface area contributed by atoms with Crippen molar-refractivity contribution in [3.63, 3.8) is 0 Å². The van der Waals surface area contributed by atoms with E-state index in [9.17, 15) is 13.6 Å². The van der Waals surface area contributed by atoms with Gasteiger partial charge < -0.3 is 15.4 Å². The molecule has 1 atom stereocenters. The first-order valence-corrected chi connectivity index (χ1v) is 6.71. The molecule has 0 saturated carbocycles. The lowest BCUT2D eigenvalue weighted by atomic mass is 10.2. The van der Waals surface area contributed by atoms with E-state index in [-0.39, 0.29) is 5.91 Å². The fourth-order valence-electron chi connectivity index (χ4n) is 1.71. The standard InChI is InChI=1S/C12H14F2N2O2S/c13-12(14)19-9-3-1-2-8(6-9)16-11(17)10-7-15-4-5-18-10/h1-3,6,10,12,15H,4-5,7H2,(H,16,17). The van der Waals surface area contributed by atoms with Crippen molar-refractivity contribution < 1.29 is 18.3 Å². The molecule has 1 amide bonds. The number of halogens is 2. The number of anilines is 1. The third-order valence-corrected chi connectivity index (χ3v) is 3.25. The zero-order chi connectivity index (χ0) is 13.7. The molecule has 1 aromatic carbocycles. The van der Waals surface area contributed by atoms with E-state index in [2.05, 4.69) is 10.6 Å². The molecule has 2 N–H and O–H groups in total. The monoisotopic (exact) mass is 288 g/mol. The van der Waals surface area contributed by atoms with Gasteiger partial charge in [0, 0.05) is 23.7 Å². The van der Waals surface area contributed by atoms with Crippen LogP contribution in [0.2, 0.25) is 0 Å². The Morgan fingerprint density at radius 3 is 3.05 bits per heavy atom. The van der Waals surface area contributed by atoms with E-state index in [1.165, 1.54) is 6.07 Å². The van der Waals surface area contributed by atoms with Crippen molar-refractivity contribution >= 4 is 23.4 Å². The average Bonchev–Trinajstić information content (AvgIpc) is 2.39. The lowest BCUT2D eigenvalue weighted by molar-refractivity contribution is -0.128. The summed E-state index contributed by atoms with van der Waals surface area (Å²) in [6.07, 6.45) is -0.542. The van der Waals surface area contributed by atoms with E-state index >= 15 is 0 Å². The van der Waals surface area contributed by atoms with Gasteiger partial charge in [-0.3, -0.25) is 4.79 Å². The summed E-state index contributed by atoms with van der Waals surface area (Å²) in [6, 6.07) is 6.38. The average molecular weight is 288 g/mol. The number of carbonyl (C=O) groups is 1. The number of rotatable bonds is 4. The van der Waals surface area contributed by atoms with Gasteiger partial charge in [0.25, 0.3) is 11.7 Å². The highest BCUT2D eigenvalue weighted by Gasteiger charge is 2.21. The van der Waals surface area contributed by atoms with Crippen LogP contribution in [0, 0.1) is 0 Å². The number of hydrogen-bond acceptors (Lipinski definition) is 4. The van der Waals surface area contributed by atoms with Crippen molar-refractivity contribution in [2.75, 3.05) is 25.0 Å². The Kier molecular flexibility index (Phi) is 5.12. The van der Waals surface area contributed by atoms with E-state index in [1.54, 1.807) is 18.2 Å². The van der Waals surface area contributed by atoms with Crippen LogP contribution in [0.15, 0.2) is 29.2 Å². The first kappa shape index (κ1) is 14.2. The van der Waals surface area contributed by atoms with E-state index in [0.717, 1.165) is 6.54 Å². The molecule has 2 rings (SSSR count). The molecule has 4 nitrogen and oxygen atoms in total. The number of morpholine rings is 1. The molecule has 0 radical (unpaired) electrons. The largest absolute Gasteiger partial charge is 0.366 e. The number of benzene rings is 1. The molecule has 1 heterocycles. The second-order valence-electron chi connectivity index (χ2n) is 3.96. The van der Waals surface area contributed by atoms with Crippen LogP contribution < -0.4 is 10.6 Å². The highest BCUT2D eigenvalue weighted by Crippen LogP contribution is 2.27. The summed E-state index contributed by atoms with van der Waals surface area (Å²) in [7, 11) is 0. The summed E-state index contributed by atoms with van der Waals surface area (Å²) in [5.41, 5.74) is 0.491. The first-order valence-electron chi connectivity index (χ1n) is 5.83.